The molecule has 0 saturated heterocycles. The van der Waals surface area contributed by atoms with Gasteiger partial charge < -0.3 is 10.2 Å². The molecule has 0 aromatic heterocycles. The number of hydrogen-bond donors (Lipinski definition) is 2. The Morgan fingerprint density at radius 3 is 1.70 bits per heavy atom. The van der Waals surface area contributed by atoms with Crippen LogP contribution in [0, 0.1) is 0 Å². The first-order chi connectivity index (χ1) is 4.06. The van der Waals surface area contributed by atoms with Crippen molar-refractivity contribution in [2.75, 3.05) is 0 Å². The molecule has 0 radical (unpaired) electrons. The molecule has 0 aliphatic rings. The molecule has 0 aliphatic heterocycles. The molecular weight excluding hydrogens is 132 g/mol. The van der Waals surface area contributed by atoms with Crippen LogP contribution in [-0.4, -0.2) is 21.8 Å². The Kier molecular flexibility index (Phi) is 5.19. The third kappa shape index (κ3) is 2.35. The van der Waals surface area contributed by atoms with Gasteiger partial charge in [0.25, 0.3) is 0 Å². The Labute approximate surface area is 61.7 Å². The molecule has 0 heterocycles. The van der Waals surface area contributed by atoms with Gasteiger partial charge in [0.15, 0.2) is 5.60 Å². The summed E-state index contributed by atoms with van der Waals surface area (Å²) in [7, 11) is 0. The number of aliphatic carboxylic acids is 1. The largest absolute Gasteiger partial charge is 0.479 e. The fraction of sp³-hybridized carbons (Fsp3) is 0.857. The quantitative estimate of drug-likeness (QED) is 0.633. The molecular formula is C7H16O3. The smallest absolute Gasteiger partial charge is 0.335 e. The summed E-state index contributed by atoms with van der Waals surface area (Å²) >= 11 is 0. The van der Waals surface area contributed by atoms with Crippen molar-refractivity contribution in [2.45, 2.75) is 39.7 Å². The van der Waals surface area contributed by atoms with E-state index >= 15 is 0 Å². The van der Waals surface area contributed by atoms with E-state index < -0.39 is 11.6 Å². The fourth-order valence-electron chi connectivity index (χ4n) is 0.552. The van der Waals surface area contributed by atoms with Gasteiger partial charge in [0, 0.05) is 0 Å². The van der Waals surface area contributed by atoms with Crippen LogP contribution in [0.4, 0.5) is 0 Å². The number of carboxylic acids is 1. The highest BCUT2D eigenvalue weighted by atomic mass is 16.4. The van der Waals surface area contributed by atoms with E-state index in [1.165, 1.54) is 0 Å². The molecule has 0 fully saturated rings. The van der Waals surface area contributed by atoms with Gasteiger partial charge in [-0.1, -0.05) is 21.3 Å². The van der Waals surface area contributed by atoms with E-state index in [4.69, 9.17) is 10.2 Å². The van der Waals surface area contributed by atoms with Crippen LogP contribution in [0.25, 0.3) is 0 Å². The minimum Gasteiger partial charge on any atom is -0.479 e. The second kappa shape index (κ2) is 4.28. The summed E-state index contributed by atoms with van der Waals surface area (Å²) in [6.45, 7) is 3.30. The van der Waals surface area contributed by atoms with E-state index in [2.05, 4.69) is 0 Å². The monoisotopic (exact) mass is 148 g/mol. The molecule has 0 aliphatic carbocycles. The summed E-state index contributed by atoms with van der Waals surface area (Å²) in [5.74, 6) is -1.13. The third-order valence-corrected chi connectivity index (χ3v) is 1.57. The first-order valence-corrected chi connectivity index (χ1v) is 3.02. The molecule has 0 aromatic rings. The zero-order valence-corrected chi connectivity index (χ0v) is 5.72. The predicted molar refractivity (Wildman–Crippen MR) is 39.9 cm³/mol. The first kappa shape index (κ1) is 12.1. The van der Waals surface area contributed by atoms with Gasteiger partial charge in [-0.25, -0.2) is 4.79 Å². The van der Waals surface area contributed by atoms with Gasteiger partial charge in [-0.05, 0) is 12.8 Å². The summed E-state index contributed by atoms with van der Waals surface area (Å²) in [5.41, 5.74) is -1.50. The van der Waals surface area contributed by atoms with Gasteiger partial charge in [-0.3, -0.25) is 0 Å². The maximum Gasteiger partial charge on any atom is 0.335 e. The van der Waals surface area contributed by atoms with E-state index in [1.807, 2.05) is 0 Å². The lowest BCUT2D eigenvalue weighted by Crippen LogP contribution is -2.36. The predicted octanol–water partition coefficient (Wildman–Crippen LogP) is 1.26. The first-order valence-electron chi connectivity index (χ1n) is 3.02. The van der Waals surface area contributed by atoms with Crippen molar-refractivity contribution < 1.29 is 15.0 Å². The number of hydrogen-bond acceptors (Lipinski definition) is 2. The van der Waals surface area contributed by atoms with E-state index in [0.29, 0.717) is 0 Å². The average Bonchev–Trinajstić information content (AvgIpc) is 1.86. The molecule has 62 valence electrons. The lowest BCUT2D eigenvalue weighted by Gasteiger charge is -2.18. The van der Waals surface area contributed by atoms with E-state index in [-0.39, 0.29) is 20.3 Å². The highest BCUT2D eigenvalue weighted by Crippen LogP contribution is 2.13. The Bertz CT molecular complexity index is 105. The topological polar surface area (TPSA) is 57.5 Å². The summed E-state index contributed by atoms with van der Waals surface area (Å²) in [5, 5.41) is 17.5. The van der Waals surface area contributed by atoms with Gasteiger partial charge in [-0.15, -0.1) is 0 Å². The van der Waals surface area contributed by atoms with Gasteiger partial charge >= 0.3 is 5.97 Å². The van der Waals surface area contributed by atoms with Gasteiger partial charge in [-0.2, -0.15) is 0 Å². The molecule has 0 bridgehead atoms. The van der Waals surface area contributed by atoms with Crippen LogP contribution in [0.3, 0.4) is 0 Å². The number of carboxylic acid groups (broad SMARTS) is 1. The van der Waals surface area contributed by atoms with Crippen molar-refractivity contribution in [3.8, 4) is 0 Å². The Morgan fingerprint density at radius 1 is 1.40 bits per heavy atom. The molecule has 3 heteroatoms. The van der Waals surface area contributed by atoms with Crippen LogP contribution in [0.1, 0.15) is 34.1 Å². The summed E-state index contributed by atoms with van der Waals surface area (Å²) in [6, 6.07) is 0. The highest BCUT2D eigenvalue weighted by Gasteiger charge is 2.30. The summed E-state index contributed by atoms with van der Waals surface area (Å²) in [4.78, 5) is 10.2. The molecule has 2 N–H and O–H groups in total. The van der Waals surface area contributed by atoms with Gasteiger partial charge in [0.05, 0.1) is 0 Å². The minimum atomic E-state index is -1.50. The van der Waals surface area contributed by atoms with Gasteiger partial charge in [0.2, 0.25) is 0 Å². The van der Waals surface area contributed by atoms with Crippen LogP contribution < -0.4 is 0 Å². The maximum absolute atomic E-state index is 10.2. The number of carbonyl (C=O) groups is 1. The summed E-state index contributed by atoms with van der Waals surface area (Å²) in [6.07, 6.45) is 0.525. The van der Waals surface area contributed by atoms with Crippen molar-refractivity contribution in [3.05, 3.63) is 0 Å². The summed E-state index contributed by atoms with van der Waals surface area (Å²) < 4.78 is 0. The van der Waals surface area contributed by atoms with Crippen LogP contribution in [-0.2, 0) is 4.79 Å². The molecule has 0 amide bonds. The number of aliphatic hydroxyl groups is 1. The van der Waals surface area contributed by atoms with Crippen LogP contribution >= 0.6 is 0 Å². The van der Waals surface area contributed by atoms with E-state index in [0.717, 1.165) is 0 Å². The average molecular weight is 148 g/mol. The van der Waals surface area contributed by atoms with Crippen LogP contribution in [0.15, 0.2) is 0 Å². The fourth-order valence-corrected chi connectivity index (χ4v) is 0.552. The molecule has 0 atom stereocenters. The van der Waals surface area contributed by atoms with Crippen LogP contribution in [0.2, 0.25) is 0 Å². The van der Waals surface area contributed by atoms with Crippen molar-refractivity contribution in [1.29, 1.82) is 0 Å². The molecule has 0 unspecified atom stereocenters. The zero-order valence-electron chi connectivity index (χ0n) is 5.72. The molecule has 10 heavy (non-hydrogen) atoms. The second-order valence-corrected chi connectivity index (χ2v) is 2.04. The Hall–Kier alpha value is -0.570. The minimum absolute atomic E-state index is 0. The lowest BCUT2D eigenvalue weighted by atomic mass is 9.98. The second-order valence-electron chi connectivity index (χ2n) is 2.04. The SMILES string of the molecule is C.CCC(O)(CC)C(=O)O. The normalized spacial score (nSPS) is 10.3. The van der Waals surface area contributed by atoms with Crippen LogP contribution in [0.5, 0.6) is 0 Å². The van der Waals surface area contributed by atoms with Gasteiger partial charge in [0.1, 0.15) is 0 Å². The van der Waals surface area contributed by atoms with Crippen molar-refractivity contribution in [3.63, 3.8) is 0 Å². The zero-order chi connectivity index (χ0) is 7.49. The lowest BCUT2D eigenvalue weighted by molar-refractivity contribution is -0.159. The molecule has 0 rings (SSSR count). The number of rotatable bonds is 3. The van der Waals surface area contributed by atoms with Crippen molar-refractivity contribution in [1.82, 2.24) is 0 Å². The van der Waals surface area contributed by atoms with Crippen molar-refractivity contribution in [2.24, 2.45) is 0 Å². The molecule has 3 nitrogen and oxygen atoms in total. The Balaban J connectivity index is 0. The maximum atomic E-state index is 10.2. The van der Waals surface area contributed by atoms with Crippen molar-refractivity contribution >= 4 is 5.97 Å². The molecule has 0 spiro atoms. The molecule has 0 aromatic carbocycles. The van der Waals surface area contributed by atoms with E-state index in [9.17, 15) is 4.79 Å². The Morgan fingerprint density at radius 2 is 1.70 bits per heavy atom. The standard InChI is InChI=1S/C6H12O3.CH4/c1-3-6(9,4-2)5(7)8;/h9H,3-4H2,1-2H3,(H,7,8);1H4. The van der Waals surface area contributed by atoms with E-state index in [1.54, 1.807) is 13.8 Å². The third-order valence-electron chi connectivity index (χ3n) is 1.57. The molecule has 0 saturated carbocycles. The highest BCUT2D eigenvalue weighted by molar-refractivity contribution is 5.76.